The molecule has 1 aliphatic rings. The molecule has 13 heavy (non-hydrogen) atoms. The molecule has 1 aromatic rings. The van der Waals surface area contributed by atoms with Gasteiger partial charge in [0.25, 0.3) is 0 Å². The summed E-state index contributed by atoms with van der Waals surface area (Å²) in [6, 6.07) is 1.90. The zero-order valence-corrected chi connectivity index (χ0v) is 7.46. The number of nitrogens with one attached hydrogen (secondary N) is 2. The summed E-state index contributed by atoms with van der Waals surface area (Å²) in [5, 5.41) is 2.95. The zero-order valence-electron chi connectivity index (χ0n) is 7.46. The zero-order chi connectivity index (χ0) is 9.47. The molecular weight excluding hydrogens is 166 g/mol. The van der Waals surface area contributed by atoms with Gasteiger partial charge in [-0.1, -0.05) is 6.92 Å². The predicted molar refractivity (Wildman–Crippen MR) is 52.2 cm³/mol. The van der Waals surface area contributed by atoms with Crippen LogP contribution in [0.2, 0.25) is 0 Å². The lowest BCUT2D eigenvalue weighted by Crippen LogP contribution is -2.42. The summed E-state index contributed by atoms with van der Waals surface area (Å²) in [5.74, 6) is 0.372. The van der Waals surface area contributed by atoms with E-state index in [0.29, 0.717) is 12.4 Å². The molecule has 1 atom stereocenters. The standard InChI is InChI=1S/C8H13N5/c1-2-8(10)6-5(3-4-11-6)12-7(9)13-8/h3-4,11H,2,10H2,1H3,(H3,9,12,13). The van der Waals surface area contributed by atoms with Crippen molar-refractivity contribution in [3.8, 4) is 0 Å². The Labute approximate surface area is 76.2 Å². The van der Waals surface area contributed by atoms with E-state index in [9.17, 15) is 0 Å². The van der Waals surface area contributed by atoms with E-state index in [2.05, 4.69) is 15.3 Å². The number of hydrogen-bond donors (Lipinski definition) is 4. The van der Waals surface area contributed by atoms with Crippen LogP contribution in [0.25, 0.3) is 0 Å². The van der Waals surface area contributed by atoms with Crippen LogP contribution in [-0.2, 0) is 5.66 Å². The van der Waals surface area contributed by atoms with Crippen molar-refractivity contribution in [2.24, 2.45) is 16.5 Å². The van der Waals surface area contributed by atoms with E-state index in [0.717, 1.165) is 11.4 Å². The van der Waals surface area contributed by atoms with Crippen LogP contribution in [0.15, 0.2) is 17.3 Å². The number of aromatic amines is 1. The van der Waals surface area contributed by atoms with Crippen molar-refractivity contribution in [1.29, 1.82) is 0 Å². The first-order valence-corrected chi connectivity index (χ1v) is 4.25. The van der Waals surface area contributed by atoms with Gasteiger partial charge in [0.05, 0.1) is 11.4 Å². The summed E-state index contributed by atoms with van der Waals surface area (Å²) < 4.78 is 0. The molecule has 70 valence electrons. The van der Waals surface area contributed by atoms with Crippen LogP contribution in [0.3, 0.4) is 0 Å². The SMILES string of the molecule is CCC1(N)N=C(N)Nc2cc[nH]c21. The molecular formula is C8H13N5. The topological polar surface area (TPSA) is 92.2 Å². The lowest BCUT2D eigenvalue weighted by Gasteiger charge is -2.28. The number of guanidine groups is 1. The monoisotopic (exact) mass is 179 g/mol. The molecule has 0 bridgehead atoms. The molecule has 0 aromatic carbocycles. The maximum atomic E-state index is 6.07. The number of aliphatic imine (C=N–C) groups is 1. The second kappa shape index (κ2) is 2.50. The minimum Gasteiger partial charge on any atom is -0.370 e. The number of hydrogen-bond acceptors (Lipinski definition) is 4. The fraction of sp³-hybridized carbons (Fsp3) is 0.375. The number of aromatic nitrogens is 1. The van der Waals surface area contributed by atoms with E-state index in [1.165, 1.54) is 0 Å². The van der Waals surface area contributed by atoms with E-state index in [4.69, 9.17) is 11.5 Å². The Morgan fingerprint density at radius 2 is 2.38 bits per heavy atom. The van der Waals surface area contributed by atoms with E-state index in [-0.39, 0.29) is 0 Å². The molecule has 1 aliphatic heterocycles. The van der Waals surface area contributed by atoms with Gasteiger partial charge in [-0.15, -0.1) is 0 Å². The van der Waals surface area contributed by atoms with E-state index >= 15 is 0 Å². The van der Waals surface area contributed by atoms with Crippen molar-refractivity contribution in [2.75, 3.05) is 5.32 Å². The van der Waals surface area contributed by atoms with Gasteiger partial charge in [0.2, 0.25) is 0 Å². The number of anilines is 1. The van der Waals surface area contributed by atoms with Crippen LogP contribution < -0.4 is 16.8 Å². The molecule has 0 saturated heterocycles. The second-order valence-electron chi connectivity index (χ2n) is 3.17. The fourth-order valence-electron chi connectivity index (χ4n) is 1.52. The van der Waals surface area contributed by atoms with Gasteiger partial charge in [-0.2, -0.15) is 0 Å². The molecule has 5 heteroatoms. The molecule has 5 nitrogen and oxygen atoms in total. The largest absolute Gasteiger partial charge is 0.370 e. The number of nitrogens with two attached hydrogens (primary N) is 2. The molecule has 0 saturated carbocycles. The average Bonchev–Trinajstić information content (AvgIpc) is 2.52. The second-order valence-corrected chi connectivity index (χ2v) is 3.17. The smallest absolute Gasteiger partial charge is 0.195 e. The van der Waals surface area contributed by atoms with Crippen molar-refractivity contribution in [2.45, 2.75) is 19.0 Å². The van der Waals surface area contributed by atoms with Crippen molar-refractivity contribution in [3.05, 3.63) is 18.0 Å². The van der Waals surface area contributed by atoms with Crippen LogP contribution in [0, 0.1) is 0 Å². The summed E-state index contributed by atoms with van der Waals surface area (Å²) in [5.41, 5.74) is 12.8. The Morgan fingerprint density at radius 3 is 3.08 bits per heavy atom. The van der Waals surface area contributed by atoms with E-state index in [1.54, 1.807) is 0 Å². The first-order chi connectivity index (χ1) is 6.15. The number of nitrogens with zero attached hydrogens (tertiary/aromatic N) is 1. The molecule has 0 radical (unpaired) electrons. The van der Waals surface area contributed by atoms with Crippen LogP contribution in [0.5, 0.6) is 0 Å². The van der Waals surface area contributed by atoms with Gasteiger partial charge in [-0.3, -0.25) is 0 Å². The predicted octanol–water partition coefficient (Wildman–Crippen LogP) is 0.276. The first kappa shape index (κ1) is 8.12. The minimum atomic E-state index is -0.700. The molecule has 2 heterocycles. The molecule has 0 aliphatic carbocycles. The van der Waals surface area contributed by atoms with Crippen molar-refractivity contribution in [1.82, 2.24) is 4.98 Å². The number of fused-ring (bicyclic) bond motifs is 1. The highest BCUT2D eigenvalue weighted by atomic mass is 15.2. The number of H-pyrrole nitrogens is 1. The average molecular weight is 179 g/mol. The summed E-state index contributed by atoms with van der Waals surface area (Å²) in [6.07, 6.45) is 2.53. The third-order valence-corrected chi connectivity index (χ3v) is 2.30. The highest BCUT2D eigenvalue weighted by Crippen LogP contribution is 2.31. The Hall–Kier alpha value is -1.49. The molecule has 1 aromatic heterocycles. The first-order valence-electron chi connectivity index (χ1n) is 4.25. The molecule has 6 N–H and O–H groups in total. The highest BCUT2D eigenvalue weighted by molar-refractivity contribution is 5.95. The Kier molecular flexibility index (Phi) is 1.56. The summed E-state index contributed by atoms with van der Waals surface area (Å²) in [4.78, 5) is 7.25. The summed E-state index contributed by atoms with van der Waals surface area (Å²) in [7, 11) is 0. The molecule has 0 fully saturated rings. The van der Waals surface area contributed by atoms with Crippen LogP contribution in [0.4, 0.5) is 5.69 Å². The molecule has 1 unspecified atom stereocenters. The van der Waals surface area contributed by atoms with E-state index < -0.39 is 5.66 Å². The Bertz CT molecular complexity index is 353. The number of rotatable bonds is 1. The maximum Gasteiger partial charge on any atom is 0.195 e. The minimum absolute atomic E-state index is 0.372. The van der Waals surface area contributed by atoms with Crippen molar-refractivity contribution in [3.63, 3.8) is 0 Å². The van der Waals surface area contributed by atoms with Gasteiger partial charge in [0.15, 0.2) is 11.6 Å². The van der Waals surface area contributed by atoms with E-state index in [1.807, 2.05) is 19.2 Å². The fourth-order valence-corrected chi connectivity index (χ4v) is 1.52. The van der Waals surface area contributed by atoms with Gasteiger partial charge in [0, 0.05) is 6.20 Å². The maximum absolute atomic E-state index is 6.07. The van der Waals surface area contributed by atoms with Crippen LogP contribution in [0.1, 0.15) is 19.0 Å². The quantitative estimate of drug-likeness (QED) is 0.499. The summed E-state index contributed by atoms with van der Waals surface area (Å²) >= 11 is 0. The lowest BCUT2D eigenvalue weighted by molar-refractivity contribution is 0.437. The third kappa shape index (κ3) is 1.08. The Morgan fingerprint density at radius 1 is 1.62 bits per heavy atom. The molecule has 2 rings (SSSR count). The lowest BCUT2D eigenvalue weighted by atomic mass is 10.0. The highest BCUT2D eigenvalue weighted by Gasteiger charge is 2.32. The van der Waals surface area contributed by atoms with Gasteiger partial charge in [-0.25, -0.2) is 4.99 Å². The van der Waals surface area contributed by atoms with Gasteiger partial charge in [0.1, 0.15) is 0 Å². The van der Waals surface area contributed by atoms with Gasteiger partial charge >= 0.3 is 0 Å². The molecule has 0 amide bonds. The van der Waals surface area contributed by atoms with Gasteiger partial charge in [-0.05, 0) is 12.5 Å². The normalized spacial score (nSPS) is 26.2. The van der Waals surface area contributed by atoms with Crippen molar-refractivity contribution < 1.29 is 0 Å². The Balaban J connectivity index is 2.53. The van der Waals surface area contributed by atoms with Gasteiger partial charge < -0.3 is 21.8 Å². The van der Waals surface area contributed by atoms with Crippen molar-refractivity contribution >= 4 is 11.6 Å². The van der Waals surface area contributed by atoms with Crippen LogP contribution in [-0.4, -0.2) is 10.9 Å². The molecule has 0 spiro atoms. The third-order valence-electron chi connectivity index (χ3n) is 2.30. The van der Waals surface area contributed by atoms with Crippen LogP contribution >= 0.6 is 0 Å². The summed E-state index contributed by atoms with van der Waals surface area (Å²) in [6.45, 7) is 1.98.